The largest absolute Gasteiger partial charge is 0.394 e. The molecule has 21 heavy (non-hydrogen) atoms. The van der Waals surface area contributed by atoms with E-state index in [0.717, 1.165) is 24.0 Å². The minimum Gasteiger partial charge on any atom is -0.394 e. The van der Waals surface area contributed by atoms with Crippen LogP contribution in [0.3, 0.4) is 0 Å². The highest BCUT2D eigenvalue weighted by Crippen LogP contribution is 2.59. The summed E-state index contributed by atoms with van der Waals surface area (Å²) in [5.74, 6) is 0. The topological polar surface area (TPSA) is 49.7 Å². The number of hydrogen-bond donors (Lipinski definition) is 2. The first-order chi connectivity index (χ1) is 9.92. The van der Waals surface area contributed by atoms with E-state index in [0.29, 0.717) is 12.8 Å². The second kappa shape index (κ2) is 6.69. The van der Waals surface area contributed by atoms with Gasteiger partial charge in [-0.3, -0.25) is 0 Å². The summed E-state index contributed by atoms with van der Waals surface area (Å²) in [6, 6.07) is 0. The van der Waals surface area contributed by atoms with Crippen molar-refractivity contribution in [2.24, 2.45) is 5.41 Å². The first-order valence-electron chi connectivity index (χ1n) is 7.48. The molecule has 3 nitrogen and oxygen atoms in total. The summed E-state index contributed by atoms with van der Waals surface area (Å²) in [4.78, 5) is 1.18. The fourth-order valence-corrected chi connectivity index (χ4v) is 3.73. The predicted octanol–water partition coefficient (Wildman–Crippen LogP) is 3.05. The molecule has 0 aromatic heterocycles. The second-order valence-electron chi connectivity index (χ2n) is 6.18. The van der Waals surface area contributed by atoms with E-state index in [1.165, 1.54) is 4.91 Å². The van der Waals surface area contributed by atoms with Crippen LogP contribution in [0.1, 0.15) is 32.6 Å². The Balaban J connectivity index is 2.06. The number of thioether (sulfide) groups is 1. The molecule has 0 spiro atoms. The van der Waals surface area contributed by atoms with Crippen LogP contribution in [-0.2, 0) is 4.74 Å². The summed E-state index contributed by atoms with van der Waals surface area (Å²) in [6.45, 7) is 10.4. The Bertz CT molecular complexity index is 451. The quantitative estimate of drug-likeness (QED) is 0.740. The van der Waals surface area contributed by atoms with Gasteiger partial charge in [0, 0.05) is 18.3 Å². The van der Waals surface area contributed by atoms with E-state index < -0.39 is 6.10 Å². The first-order valence-corrected chi connectivity index (χ1v) is 8.70. The van der Waals surface area contributed by atoms with Crippen molar-refractivity contribution >= 4 is 11.8 Å². The van der Waals surface area contributed by atoms with Crippen LogP contribution in [0.5, 0.6) is 0 Å². The molecule has 2 aliphatic rings. The molecule has 118 valence electrons. The Morgan fingerprint density at radius 2 is 2.05 bits per heavy atom. The maximum Gasteiger partial charge on any atom is 0.0838 e. The highest BCUT2D eigenvalue weighted by Gasteiger charge is 2.46. The standard InChI is InChI=1S/C17H26O3S/c1-11(16-9-14(19)8-15(10-18)20-16)7-12(2)17(5-6-17)13(3)21-4/h7,14-16,18-19H,2-3,5-6,8-10H2,1,4H3. The average Bonchev–Trinajstić information content (AvgIpc) is 3.27. The summed E-state index contributed by atoms with van der Waals surface area (Å²) in [5.41, 5.74) is 2.21. The van der Waals surface area contributed by atoms with Crippen LogP contribution in [0, 0.1) is 5.41 Å². The zero-order chi connectivity index (χ0) is 15.6. The summed E-state index contributed by atoms with van der Waals surface area (Å²) in [7, 11) is 0. The molecule has 1 saturated heterocycles. The second-order valence-corrected chi connectivity index (χ2v) is 7.08. The van der Waals surface area contributed by atoms with Crippen molar-refractivity contribution in [3.8, 4) is 0 Å². The summed E-state index contributed by atoms with van der Waals surface area (Å²) < 4.78 is 5.84. The van der Waals surface area contributed by atoms with Gasteiger partial charge in [-0.05, 0) is 42.1 Å². The molecule has 2 N–H and O–H groups in total. The molecule has 1 heterocycles. The van der Waals surface area contributed by atoms with Gasteiger partial charge < -0.3 is 14.9 Å². The van der Waals surface area contributed by atoms with Crippen LogP contribution in [0.2, 0.25) is 0 Å². The molecule has 2 fully saturated rings. The van der Waals surface area contributed by atoms with E-state index in [1.807, 2.05) is 6.92 Å². The zero-order valence-electron chi connectivity index (χ0n) is 13.0. The molecule has 1 aliphatic heterocycles. The van der Waals surface area contributed by atoms with Crippen molar-refractivity contribution in [3.05, 3.63) is 35.3 Å². The van der Waals surface area contributed by atoms with Gasteiger partial charge >= 0.3 is 0 Å². The molecule has 1 aliphatic carbocycles. The van der Waals surface area contributed by atoms with Gasteiger partial charge in [0.15, 0.2) is 0 Å². The van der Waals surface area contributed by atoms with Gasteiger partial charge in [-0.25, -0.2) is 0 Å². The fraction of sp³-hybridized carbons (Fsp3) is 0.647. The third-order valence-electron chi connectivity index (χ3n) is 4.64. The van der Waals surface area contributed by atoms with Crippen molar-refractivity contribution in [2.75, 3.05) is 12.9 Å². The molecule has 0 aromatic carbocycles. The van der Waals surface area contributed by atoms with Gasteiger partial charge in [-0.2, -0.15) is 0 Å². The highest BCUT2D eigenvalue weighted by atomic mass is 32.2. The normalized spacial score (nSPS) is 31.8. The molecule has 3 unspecified atom stereocenters. The molecule has 4 heteroatoms. The van der Waals surface area contributed by atoms with E-state index in [2.05, 4.69) is 25.5 Å². The lowest BCUT2D eigenvalue weighted by Crippen LogP contribution is -2.38. The van der Waals surface area contributed by atoms with E-state index in [9.17, 15) is 10.2 Å². The maximum atomic E-state index is 9.90. The number of rotatable bonds is 6. The van der Waals surface area contributed by atoms with Crippen LogP contribution in [-0.4, -0.2) is 41.4 Å². The first kappa shape index (κ1) is 16.8. The monoisotopic (exact) mass is 310 g/mol. The minimum atomic E-state index is -0.409. The molecule has 0 radical (unpaired) electrons. The fourth-order valence-electron chi connectivity index (χ4n) is 3.01. The number of aliphatic hydroxyl groups is 2. The maximum absolute atomic E-state index is 9.90. The van der Waals surface area contributed by atoms with Gasteiger partial charge in [0.1, 0.15) is 0 Å². The Labute approximate surface area is 131 Å². The molecular formula is C17H26O3S. The summed E-state index contributed by atoms with van der Waals surface area (Å²) >= 11 is 1.70. The number of ether oxygens (including phenoxy) is 1. The number of hydrogen-bond acceptors (Lipinski definition) is 4. The minimum absolute atomic E-state index is 0.0466. The summed E-state index contributed by atoms with van der Waals surface area (Å²) in [6.07, 6.45) is 6.65. The molecule has 0 bridgehead atoms. The van der Waals surface area contributed by atoms with Crippen LogP contribution >= 0.6 is 11.8 Å². The van der Waals surface area contributed by atoms with Crippen molar-refractivity contribution < 1.29 is 14.9 Å². The summed E-state index contributed by atoms with van der Waals surface area (Å²) in [5, 5.41) is 19.2. The van der Waals surface area contributed by atoms with Gasteiger partial charge in [0.2, 0.25) is 0 Å². The number of allylic oxidation sites excluding steroid dienone is 3. The lowest BCUT2D eigenvalue weighted by atomic mass is 9.91. The van der Waals surface area contributed by atoms with Crippen molar-refractivity contribution in [2.45, 2.75) is 50.9 Å². The Morgan fingerprint density at radius 3 is 2.57 bits per heavy atom. The van der Waals surface area contributed by atoms with Gasteiger partial charge in [-0.1, -0.05) is 19.2 Å². The SMILES string of the molecule is C=C(C=C(C)C1CC(O)CC(CO)O1)C1(C(=C)SC)CC1. The van der Waals surface area contributed by atoms with Crippen LogP contribution in [0.4, 0.5) is 0 Å². The van der Waals surface area contributed by atoms with Gasteiger partial charge in [0.25, 0.3) is 0 Å². The van der Waals surface area contributed by atoms with Crippen molar-refractivity contribution in [1.29, 1.82) is 0 Å². The van der Waals surface area contributed by atoms with E-state index in [1.54, 1.807) is 11.8 Å². The highest BCUT2D eigenvalue weighted by molar-refractivity contribution is 8.02. The lowest BCUT2D eigenvalue weighted by Gasteiger charge is -2.33. The average molecular weight is 310 g/mol. The van der Waals surface area contributed by atoms with E-state index in [4.69, 9.17) is 4.74 Å². The zero-order valence-corrected chi connectivity index (χ0v) is 13.8. The van der Waals surface area contributed by atoms with Crippen molar-refractivity contribution in [1.82, 2.24) is 0 Å². The molecule has 3 atom stereocenters. The third kappa shape index (κ3) is 3.62. The van der Waals surface area contributed by atoms with E-state index >= 15 is 0 Å². The van der Waals surface area contributed by atoms with Crippen LogP contribution in [0.25, 0.3) is 0 Å². The smallest absolute Gasteiger partial charge is 0.0838 e. The molecule has 2 rings (SSSR count). The Morgan fingerprint density at radius 1 is 1.38 bits per heavy atom. The number of aliphatic hydroxyl groups excluding tert-OH is 2. The van der Waals surface area contributed by atoms with Crippen LogP contribution < -0.4 is 0 Å². The predicted molar refractivity (Wildman–Crippen MR) is 88.2 cm³/mol. The lowest BCUT2D eigenvalue weighted by molar-refractivity contribution is -0.0974. The van der Waals surface area contributed by atoms with E-state index in [-0.39, 0.29) is 24.2 Å². The Hall–Kier alpha value is -0.550. The third-order valence-corrected chi connectivity index (χ3v) is 5.52. The van der Waals surface area contributed by atoms with Crippen molar-refractivity contribution in [3.63, 3.8) is 0 Å². The van der Waals surface area contributed by atoms with Gasteiger partial charge in [0.05, 0.1) is 24.9 Å². The Kier molecular flexibility index (Phi) is 5.36. The molecule has 0 amide bonds. The molecule has 1 saturated carbocycles. The van der Waals surface area contributed by atoms with Crippen LogP contribution in [0.15, 0.2) is 35.3 Å². The van der Waals surface area contributed by atoms with Gasteiger partial charge in [-0.15, -0.1) is 11.8 Å². The molecule has 0 aromatic rings. The molecular weight excluding hydrogens is 284 g/mol.